The molecule has 1 saturated carbocycles. The predicted octanol–water partition coefficient (Wildman–Crippen LogP) is 2.50. The van der Waals surface area contributed by atoms with Crippen LogP contribution in [0.2, 0.25) is 0 Å². The summed E-state index contributed by atoms with van der Waals surface area (Å²) >= 11 is 0. The first-order valence-corrected chi connectivity index (χ1v) is 10.8. The first-order valence-electron chi connectivity index (χ1n) is 10.8. The predicted molar refractivity (Wildman–Crippen MR) is 108 cm³/mol. The van der Waals surface area contributed by atoms with Gasteiger partial charge in [-0.2, -0.15) is 10.2 Å². The molecule has 1 aliphatic carbocycles. The zero-order valence-electron chi connectivity index (χ0n) is 16.9. The van der Waals surface area contributed by atoms with Crippen LogP contribution in [0, 0.1) is 12.8 Å². The van der Waals surface area contributed by atoms with Crippen LogP contribution in [0.25, 0.3) is 5.52 Å². The highest BCUT2D eigenvalue weighted by Gasteiger charge is 2.30. The largest absolute Gasteiger partial charge is 0.381 e. The van der Waals surface area contributed by atoms with Gasteiger partial charge in [0.15, 0.2) is 5.82 Å². The van der Waals surface area contributed by atoms with Crippen molar-refractivity contribution in [3.05, 3.63) is 35.3 Å². The zero-order chi connectivity index (χ0) is 19.4. The van der Waals surface area contributed by atoms with Crippen molar-refractivity contribution in [1.82, 2.24) is 29.4 Å². The van der Waals surface area contributed by atoms with Crippen LogP contribution in [-0.4, -0.2) is 49.1 Å². The van der Waals surface area contributed by atoms with E-state index in [9.17, 15) is 0 Å². The number of imidazole rings is 1. The molecule has 8 nitrogen and oxygen atoms in total. The standard InChI is InChI=1S/C21H27N7O/c1-14-25-19(17-6-8-29-12-17)20-21(22-13-24-28(14)20)26-7-5-16-9-23-27(18(16)11-26)10-15-3-2-4-15/h9,13,15,17H,2-8,10-12H2,1H3/t17-/m1/s1. The van der Waals surface area contributed by atoms with Gasteiger partial charge < -0.3 is 9.64 Å². The molecule has 0 unspecified atom stereocenters. The lowest BCUT2D eigenvalue weighted by molar-refractivity contribution is 0.193. The summed E-state index contributed by atoms with van der Waals surface area (Å²) in [4.78, 5) is 12.0. The monoisotopic (exact) mass is 393 g/mol. The number of ether oxygens (including phenoxy) is 1. The van der Waals surface area contributed by atoms with E-state index < -0.39 is 0 Å². The van der Waals surface area contributed by atoms with Crippen molar-refractivity contribution >= 4 is 11.3 Å². The highest BCUT2D eigenvalue weighted by molar-refractivity contribution is 5.73. The third kappa shape index (κ3) is 2.84. The van der Waals surface area contributed by atoms with Gasteiger partial charge in [-0.15, -0.1) is 0 Å². The van der Waals surface area contributed by atoms with Gasteiger partial charge in [0.2, 0.25) is 0 Å². The highest BCUT2D eigenvalue weighted by Crippen LogP contribution is 2.34. The molecule has 3 aromatic rings. The van der Waals surface area contributed by atoms with E-state index in [2.05, 4.69) is 20.9 Å². The van der Waals surface area contributed by atoms with E-state index in [1.165, 1.54) is 30.5 Å². The molecule has 3 aromatic heterocycles. The van der Waals surface area contributed by atoms with Crippen molar-refractivity contribution in [3.63, 3.8) is 0 Å². The van der Waals surface area contributed by atoms with Gasteiger partial charge in [0.25, 0.3) is 0 Å². The van der Waals surface area contributed by atoms with Gasteiger partial charge in [0.05, 0.1) is 30.7 Å². The fourth-order valence-electron chi connectivity index (χ4n) is 4.97. The summed E-state index contributed by atoms with van der Waals surface area (Å²) in [7, 11) is 0. The molecule has 5 heterocycles. The molecule has 2 aliphatic heterocycles. The molecule has 0 radical (unpaired) electrons. The van der Waals surface area contributed by atoms with Crippen LogP contribution in [0.15, 0.2) is 12.5 Å². The maximum Gasteiger partial charge on any atom is 0.158 e. The average molecular weight is 393 g/mol. The minimum absolute atomic E-state index is 0.327. The molecule has 8 heteroatoms. The minimum Gasteiger partial charge on any atom is -0.381 e. The molecule has 6 rings (SSSR count). The first-order chi connectivity index (χ1) is 14.3. The SMILES string of the molecule is Cc1nc([C@@H]2CCOC2)c2c(N3CCc4cnn(CC5CCC5)c4C3)ncnn12. The molecule has 0 spiro atoms. The van der Waals surface area contributed by atoms with Crippen molar-refractivity contribution in [2.75, 3.05) is 24.7 Å². The third-order valence-corrected chi connectivity index (χ3v) is 6.90. The topological polar surface area (TPSA) is 73.4 Å². The summed E-state index contributed by atoms with van der Waals surface area (Å²) in [6.07, 6.45) is 9.80. The lowest BCUT2D eigenvalue weighted by atomic mass is 9.85. The molecule has 3 aliphatic rings. The van der Waals surface area contributed by atoms with Crippen molar-refractivity contribution in [1.29, 1.82) is 0 Å². The second kappa shape index (κ2) is 6.79. The summed E-state index contributed by atoms with van der Waals surface area (Å²) in [5, 5.41) is 9.21. The number of fused-ring (bicyclic) bond motifs is 2. The van der Waals surface area contributed by atoms with Gasteiger partial charge in [-0.05, 0) is 44.1 Å². The Hall–Kier alpha value is -2.48. The Morgan fingerprint density at radius 3 is 2.93 bits per heavy atom. The van der Waals surface area contributed by atoms with Gasteiger partial charge in [-0.25, -0.2) is 14.5 Å². The summed E-state index contributed by atoms with van der Waals surface area (Å²) in [5.74, 6) is 3.03. The number of anilines is 1. The average Bonchev–Trinajstić information content (AvgIpc) is 3.43. The Morgan fingerprint density at radius 1 is 1.21 bits per heavy atom. The van der Waals surface area contributed by atoms with Crippen LogP contribution in [0.1, 0.15) is 54.4 Å². The summed E-state index contributed by atoms with van der Waals surface area (Å²) < 4.78 is 9.85. The van der Waals surface area contributed by atoms with Gasteiger partial charge in [0, 0.05) is 25.6 Å². The van der Waals surface area contributed by atoms with Gasteiger partial charge in [-0.1, -0.05) is 6.42 Å². The number of aryl methyl sites for hydroxylation is 1. The van der Waals surface area contributed by atoms with E-state index in [4.69, 9.17) is 19.8 Å². The fraction of sp³-hybridized carbons (Fsp3) is 0.619. The lowest BCUT2D eigenvalue weighted by Crippen LogP contribution is -2.33. The van der Waals surface area contributed by atoms with Crippen LogP contribution in [-0.2, 0) is 24.2 Å². The third-order valence-electron chi connectivity index (χ3n) is 6.90. The number of hydrogen-bond acceptors (Lipinski definition) is 6. The quantitative estimate of drug-likeness (QED) is 0.678. The summed E-state index contributed by atoms with van der Waals surface area (Å²) in [5.41, 5.74) is 4.88. The Morgan fingerprint density at radius 2 is 2.14 bits per heavy atom. The Balaban J connectivity index is 1.38. The summed E-state index contributed by atoms with van der Waals surface area (Å²) in [6, 6.07) is 0. The number of nitrogens with zero attached hydrogens (tertiary/aromatic N) is 7. The molecular formula is C21H27N7O. The highest BCUT2D eigenvalue weighted by atomic mass is 16.5. The van der Waals surface area contributed by atoms with Gasteiger partial charge in [0.1, 0.15) is 17.7 Å². The van der Waals surface area contributed by atoms with Crippen LogP contribution >= 0.6 is 0 Å². The van der Waals surface area contributed by atoms with Crippen LogP contribution in [0.5, 0.6) is 0 Å². The molecule has 0 bridgehead atoms. The molecule has 1 atom stereocenters. The number of hydrogen-bond donors (Lipinski definition) is 0. The van der Waals surface area contributed by atoms with Crippen LogP contribution in [0.4, 0.5) is 5.82 Å². The van der Waals surface area contributed by atoms with E-state index in [0.717, 1.165) is 74.5 Å². The van der Waals surface area contributed by atoms with Gasteiger partial charge >= 0.3 is 0 Å². The molecule has 1 saturated heterocycles. The number of rotatable bonds is 4. The molecule has 0 aromatic carbocycles. The maximum absolute atomic E-state index is 5.64. The van der Waals surface area contributed by atoms with E-state index in [-0.39, 0.29) is 0 Å². The lowest BCUT2D eigenvalue weighted by Gasteiger charge is -2.31. The Labute approximate surface area is 169 Å². The zero-order valence-corrected chi connectivity index (χ0v) is 16.9. The molecule has 29 heavy (non-hydrogen) atoms. The van der Waals surface area contributed by atoms with Crippen LogP contribution in [0.3, 0.4) is 0 Å². The smallest absolute Gasteiger partial charge is 0.158 e. The van der Waals surface area contributed by atoms with E-state index in [1.807, 2.05) is 11.4 Å². The second-order valence-corrected chi connectivity index (χ2v) is 8.72. The minimum atomic E-state index is 0.327. The normalized spacial score (nSPS) is 22.2. The summed E-state index contributed by atoms with van der Waals surface area (Å²) in [6.45, 7) is 6.40. The van der Waals surface area contributed by atoms with E-state index in [0.29, 0.717) is 5.92 Å². The molecular weight excluding hydrogens is 366 g/mol. The van der Waals surface area contributed by atoms with Crippen molar-refractivity contribution < 1.29 is 4.74 Å². The Kier molecular flexibility index (Phi) is 4.07. The van der Waals surface area contributed by atoms with Gasteiger partial charge in [-0.3, -0.25) is 4.68 Å². The Bertz CT molecular complexity index is 1040. The van der Waals surface area contributed by atoms with Crippen molar-refractivity contribution in [2.45, 2.75) is 58.0 Å². The molecule has 152 valence electrons. The fourth-order valence-corrected chi connectivity index (χ4v) is 4.97. The molecule has 0 amide bonds. The maximum atomic E-state index is 5.64. The van der Waals surface area contributed by atoms with E-state index in [1.54, 1.807) is 6.33 Å². The van der Waals surface area contributed by atoms with Crippen molar-refractivity contribution in [3.8, 4) is 0 Å². The second-order valence-electron chi connectivity index (χ2n) is 8.72. The molecule has 2 fully saturated rings. The number of aromatic nitrogens is 6. The molecule has 0 N–H and O–H groups in total. The van der Waals surface area contributed by atoms with Crippen LogP contribution < -0.4 is 4.90 Å². The first kappa shape index (κ1) is 17.4. The van der Waals surface area contributed by atoms with E-state index >= 15 is 0 Å². The van der Waals surface area contributed by atoms with Crippen molar-refractivity contribution in [2.24, 2.45) is 5.92 Å².